The van der Waals surface area contributed by atoms with E-state index in [1.165, 1.54) is 0 Å². The van der Waals surface area contributed by atoms with Gasteiger partial charge < -0.3 is 19.7 Å². The van der Waals surface area contributed by atoms with Crippen LogP contribution in [-0.4, -0.2) is 43.1 Å². The Morgan fingerprint density at radius 3 is 2.42 bits per heavy atom. The third-order valence-corrected chi connectivity index (χ3v) is 3.72. The molecule has 128 valence electrons. The van der Waals surface area contributed by atoms with E-state index in [0.717, 1.165) is 17.1 Å². The summed E-state index contributed by atoms with van der Waals surface area (Å²) in [7, 11) is 3.22. The topological polar surface area (TPSA) is 63.7 Å². The van der Waals surface area contributed by atoms with E-state index < -0.39 is 0 Å². The Labute approximate surface area is 142 Å². The van der Waals surface area contributed by atoms with Crippen molar-refractivity contribution in [3.63, 3.8) is 0 Å². The van der Waals surface area contributed by atoms with E-state index in [1.54, 1.807) is 31.4 Å². The van der Waals surface area contributed by atoms with Crippen molar-refractivity contribution in [1.29, 1.82) is 0 Å². The zero-order chi connectivity index (χ0) is 17.5. The van der Waals surface area contributed by atoms with E-state index in [4.69, 9.17) is 9.47 Å². The lowest BCUT2D eigenvalue weighted by Crippen LogP contribution is -2.31. The molecule has 0 aliphatic rings. The average molecular weight is 329 g/mol. The molecule has 1 aromatic heterocycles. The first-order valence-electron chi connectivity index (χ1n) is 7.87. The fraction of sp³-hybridized carbons (Fsp3) is 0.333. The first-order valence-corrected chi connectivity index (χ1v) is 7.87. The van der Waals surface area contributed by atoms with Crippen LogP contribution >= 0.6 is 0 Å². The number of hydrogen-bond donors (Lipinski definition) is 1. The zero-order valence-electron chi connectivity index (χ0n) is 14.5. The smallest absolute Gasteiger partial charge is 0.272 e. The predicted molar refractivity (Wildman–Crippen MR) is 94.3 cm³/mol. The summed E-state index contributed by atoms with van der Waals surface area (Å²) in [6.07, 6.45) is 1.63. The number of aromatic nitrogens is 1. The number of benzene rings is 1. The van der Waals surface area contributed by atoms with E-state index in [0.29, 0.717) is 24.5 Å². The second-order valence-electron chi connectivity index (χ2n) is 5.10. The van der Waals surface area contributed by atoms with E-state index in [-0.39, 0.29) is 5.91 Å². The quantitative estimate of drug-likeness (QED) is 0.844. The molecule has 0 aliphatic heterocycles. The van der Waals surface area contributed by atoms with E-state index in [1.807, 2.05) is 38.1 Å². The van der Waals surface area contributed by atoms with Crippen LogP contribution < -0.4 is 14.8 Å². The van der Waals surface area contributed by atoms with Crippen LogP contribution in [0, 0.1) is 0 Å². The summed E-state index contributed by atoms with van der Waals surface area (Å²) in [5.41, 5.74) is 1.96. The molecule has 0 saturated heterocycles. The van der Waals surface area contributed by atoms with Crippen molar-refractivity contribution in [2.24, 2.45) is 0 Å². The lowest BCUT2D eigenvalue weighted by atomic mass is 10.2. The van der Waals surface area contributed by atoms with Crippen molar-refractivity contribution in [1.82, 2.24) is 9.88 Å². The summed E-state index contributed by atoms with van der Waals surface area (Å²) < 4.78 is 10.6. The lowest BCUT2D eigenvalue weighted by molar-refractivity contribution is 0.0767. The van der Waals surface area contributed by atoms with Crippen LogP contribution in [0.4, 0.5) is 11.4 Å². The van der Waals surface area contributed by atoms with Gasteiger partial charge in [-0.2, -0.15) is 0 Å². The maximum absolute atomic E-state index is 12.3. The highest BCUT2D eigenvalue weighted by Crippen LogP contribution is 2.31. The summed E-state index contributed by atoms with van der Waals surface area (Å²) in [6.45, 7) is 5.23. The van der Waals surface area contributed by atoms with Gasteiger partial charge in [0.15, 0.2) is 0 Å². The highest BCUT2D eigenvalue weighted by Gasteiger charge is 2.13. The van der Waals surface area contributed by atoms with Gasteiger partial charge in [0.2, 0.25) is 0 Å². The van der Waals surface area contributed by atoms with Gasteiger partial charge in [-0.1, -0.05) is 0 Å². The highest BCUT2D eigenvalue weighted by molar-refractivity contribution is 5.92. The number of nitrogens with zero attached hydrogens (tertiary/aromatic N) is 2. The van der Waals surface area contributed by atoms with Gasteiger partial charge in [-0.05, 0) is 38.1 Å². The molecule has 1 aromatic carbocycles. The fourth-order valence-corrected chi connectivity index (χ4v) is 2.33. The molecular formula is C18H23N3O3. The summed E-state index contributed by atoms with van der Waals surface area (Å²) in [6, 6.07) is 9.03. The van der Waals surface area contributed by atoms with Gasteiger partial charge in [0.05, 0.1) is 31.8 Å². The SMILES string of the molecule is CCN(CC)C(=O)c1ccc(Nc2cc(OC)ccc2OC)cn1. The maximum atomic E-state index is 12.3. The third-order valence-electron chi connectivity index (χ3n) is 3.72. The number of nitrogens with one attached hydrogen (secondary N) is 1. The predicted octanol–water partition coefficient (Wildman–Crippen LogP) is 3.32. The molecule has 0 fully saturated rings. The second-order valence-corrected chi connectivity index (χ2v) is 5.10. The van der Waals surface area contributed by atoms with Gasteiger partial charge in [-0.25, -0.2) is 4.98 Å². The van der Waals surface area contributed by atoms with Crippen LogP contribution in [0.3, 0.4) is 0 Å². The molecule has 2 rings (SSSR count). The minimum atomic E-state index is -0.0643. The van der Waals surface area contributed by atoms with Crippen LogP contribution in [0.1, 0.15) is 24.3 Å². The molecule has 6 heteroatoms. The number of pyridine rings is 1. The Kier molecular flexibility index (Phi) is 6.01. The molecular weight excluding hydrogens is 306 g/mol. The molecule has 6 nitrogen and oxygen atoms in total. The van der Waals surface area contributed by atoms with Crippen molar-refractivity contribution in [2.75, 3.05) is 32.6 Å². The standard InChI is InChI=1S/C18H23N3O3/c1-5-21(6-2)18(22)15-9-7-13(12-19-15)20-16-11-14(23-3)8-10-17(16)24-4/h7-12,20H,5-6H2,1-4H3. The number of anilines is 2. The minimum absolute atomic E-state index is 0.0643. The maximum Gasteiger partial charge on any atom is 0.272 e. The Hall–Kier alpha value is -2.76. The zero-order valence-corrected chi connectivity index (χ0v) is 14.5. The monoisotopic (exact) mass is 329 g/mol. The van der Waals surface area contributed by atoms with Crippen LogP contribution in [0.25, 0.3) is 0 Å². The number of methoxy groups -OCH3 is 2. The van der Waals surface area contributed by atoms with E-state index >= 15 is 0 Å². The average Bonchev–Trinajstić information content (AvgIpc) is 2.63. The summed E-state index contributed by atoms with van der Waals surface area (Å²) in [4.78, 5) is 18.3. The number of carbonyl (C=O) groups is 1. The fourth-order valence-electron chi connectivity index (χ4n) is 2.33. The second kappa shape index (κ2) is 8.19. The Bertz CT molecular complexity index is 682. The number of rotatable bonds is 7. The largest absolute Gasteiger partial charge is 0.497 e. The molecule has 1 N–H and O–H groups in total. The minimum Gasteiger partial charge on any atom is -0.497 e. The van der Waals surface area contributed by atoms with Gasteiger partial charge >= 0.3 is 0 Å². The Morgan fingerprint density at radius 1 is 1.12 bits per heavy atom. The molecule has 0 radical (unpaired) electrons. The first-order chi connectivity index (χ1) is 11.6. The van der Waals surface area contributed by atoms with Crippen LogP contribution in [-0.2, 0) is 0 Å². The molecule has 0 saturated carbocycles. The van der Waals surface area contributed by atoms with Gasteiger partial charge in [-0.3, -0.25) is 4.79 Å². The van der Waals surface area contributed by atoms with Crippen molar-refractivity contribution >= 4 is 17.3 Å². The molecule has 24 heavy (non-hydrogen) atoms. The molecule has 0 bridgehead atoms. The highest BCUT2D eigenvalue weighted by atomic mass is 16.5. The lowest BCUT2D eigenvalue weighted by Gasteiger charge is -2.18. The number of ether oxygens (including phenoxy) is 2. The van der Waals surface area contributed by atoms with Crippen molar-refractivity contribution in [3.05, 3.63) is 42.2 Å². The summed E-state index contributed by atoms with van der Waals surface area (Å²) in [5, 5.41) is 3.23. The van der Waals surface area contributed by atoms with Gasteiger partial charge in [0, 0.05) is 19.2 Å². The van der Waals surface area contributed by atoms with Gasteiger partial charge in [0.25, 0.3) is 5.91 Å². The summed E-state index contributed by atoms with van der Waals surface area (Å²) >= 11 is 0. The van der Waals surface area contributed by atoms with Crippen molar-refractivity contribution in [2.45, 2.75) is 13.8 Å². The van der Waals surface area contributed by atoms with Crippen molar-refractivity contribution in [3.8, 4) is 11.5 Å². The molecule has 0 atom stereocenters. The Balaban J connectivity index is 2.19. The van der Waals surface area contributed by atoms with E-state index in [9.17, 15) is 4.79 Å². The molecule has 0 aliphatic carbocycles. The molecule has 1 heterocycles. The number of amides is 1. The third kappa shape index (κ3) is 3.95. The summed E-state index contributed by atoms with van der Waals surface area (Å²) in [5.74, 6) is 1.35. The molecule has 1 amide bonds. The van der Waals surface area contributed by atoms with Gasteiger partial charge in [-0.15, -0.1) is 0 Å². The Morgan fingerprint density at radius 2 is 1.88 bits per heavy atom. The van der Waals surface area contributed by atoms with Crippen LogP contribution in [0.5, 0.6) is 11.5 Å². The van der Waals surface area contributed by atoms with E-state index in [2.05, 4.69) is 10.3 Å². The van der Waals surface area contributed by atoms with Crippen molar-refractivity contribution < 1.29 is 14.3 Å². The molecule has 0 spiro atoms. The van der Waals surface area contributed by atoms with Crippen LogP contribution in [0.2, 0.25) is 0 Å². The van der Waals surface area contributed by atoms with Gasteiger partial charge in [0.1, 0.15) is 17.2 Å². The normalized spacial score (nSPS) is 10.2. The first kappa shape index (κ1) is 17.6. The molecule has 0 unspecified atom stereocenters. The number of carbonyl (C=O) groups excluding carboxylic acids is 1. The molecule has 2 aromatic rings. The number of hydrogen-bond acceptors (Lipinski definition) is 5. The van der Waals surface area contributed by atoms with Crippen LogP contribution in [0.15, 0.2) is 36.5 Å².